The van der Waals surface area contributed by atoms with Crippen LogP contribution in [-0.4, -0.2) is 28.8 Å². The Balaban J connectivity index is 1.34. The molecule has 6 rings (SSSR count). The van der Waals surface area contributed by atoms with Crippen LogP contribution in [0, 0.1) is 23.0 Å². The molecular weight excluding hydrogens is 526 g/mol. The molecule has 204 valence electrons. The van der Waals surface area contributed by atoms with E-state index in [1.807, 2.05) is 19.1 Å². The van der Waals surface area contributed by atoms with Gasteiger partial charge in [0.1, 0.15) is 11.7 Å². The minimum atomic E-state index is -1.10. The zero-order valence-electron chi connectivity index (χ0n) is 21.7. The fourth-order valence-electron chi connectivity index (χ4n) is 5.12. The Hall–Kier alpha value is -5.35. The molecule has 4 aromatic carbocycles. The molecule has 0 saturated carbocycles. The number of aryl methyl sites for hydroxylation is 1. The Labute approximate surface area is 234 Å². The number of benzene rings is 4. The molecule has 10 nitrogen and oxygen atoms in total. The molecule has 10 heteroatoms. The highest BCUT2D eigenvalue weighted by Crippen LogP contribution is 2.48. The van der Waals surface area contributed by atoms with Gasteiger partial charge in [0.2, 0.25) is 5.91 Å². The van der Waals surface area contributed by atoms with E-state index < -0.39 is 40.8 Å². The first kappa shape index (κ1) is 25.9. The number of carbonyl (C=O) groups excluding carboxylic acids is 3. The number of nitro groups is 1. The second kappa shape index (κ2) is 10.3. The summed E-state index contributed by atoms with van der Waals surface area (Å²) in [7, 11) is 0. The van der Waals surface area contributed by atoms with Crippen molar-refractivity contribution in [2.75, 3.05) is 9.96 Å². The normalized spacial score (nSPS) is 19.8. The molecule has 0 unspecified atom stereocenters. The van der Waals surface area contributed by atoms with Crippen LogP contribution in [0.15, 0.2) is 103 Å². The summed E-state index contributed by atoms with van der Waals surface area (Å²) in [6, 6.07) is 27.2. The Kier molecular flexibility index (Phi) is 6.52. The lowest BCUT2D eigenvalue weighted by atomic mass is 9.90. The van der Waals surface area contributed by atoms with E-state index in [4.69, 9.17) is 9.57 Å². The average molecular weight is 550 g/mol. The van der Waals surface area contributed by atoms with E-state index in [9.17, 15) is 24.5 Å². The zero-order valence-corrected chi connectivity index (χ0v) is 21.7. The number of nitrogens with zero attached hydrogens (tertiary/aromatic N) is 3. The summed E-state index contributed by atoms with van der Waals surface area (Å²) in [5.74, 6) is -2.02. The highest BCUT2D eigenvalue weighted by atomic mass is 16.7. The minimum absolute atomic E-state index is 0.105. The number of ether oxygens (including phenoxy) is 1. The highest BCUT2D eigenvalue weighted by Gasteiger charge is 2.60. The molecule has 0 N–H and O–H groups in total. The summed E-state index contributed by atoms with van der Waals surface area (Å²) in [6.45, 7) is 1.91. The summed E-state index contributed by atoms with van der Waals surface area (Å²) in [5, 5.41) is 12.6. The maximum atomic E-state index is 13.8. The molecule has 0 aromatic heterocycles. The van der Waals surface area contributed by atoms with E-state index in [1.165, 1.54) is 29.3 Å². The van der Waals surface area contributed by atoms with Crippen molar-refractivity contribution in [2.45, 2.75) is 19.1 Å². The maximum absolute atomic E-state index is 13.8. The third kappa shape index (κ3) is 4.70. The molecule has 0 spiro atoms. The second-order valence-electron chi connectivity index (χ2n) is 9.77. The molecule has 0 radical (unpaired) electrons. The number of amides is 2. The standard InChI is InChI=1S/C31H23N3O7/c1-19-7-11-22(12-8-19)32-29(35)26-27(20-9-17-25(18-10-20)40-31(37)21-5-3-2-4-6-21)33(41-28(26)30(32)36)23-13-15-24(16-14-23)34(38)39/h2-18,26-28H,1H3/t26-,27-,28-/m0/s1. The van der Waals surface area contributed by atoms with Crippen molar-refractivity contribution < 1.29 is 28.9 Å². The van der Waals surface area contributed by atoms with Gasteiger partial charge in [-0.1, -0.05) is 48.0 Å². The van der Waals surface area contributed by atoms with Gasteiger partial charge in [-0.15, -0.1) is 0 Å². The Bertz CT molecular complexity index is 1640. The van der Waals surface area contributed by atoms with Crippen LogP contribution in [-0.2, 0) is 14.4 Å². The zero-order chi connectivity index (χ0) is 28.7. The molecule has 2 saturated heterocycles. The lowest BCUT2D eigenvalue weighted by molar-refractivity contribution is -0.384. The van der Waals surface area contributed by atoms with Gasteiger partial charge in [0.25, 0.3) is 11.6 Å². The topological polar surface area (TPSA) is 119 Å². The van der Waals surface area contributed by atoms with E-state index in [0.717, 1.165) is 10.5 Å². The predicted molar refractivity (Wildman–Crippen MR) is 148 cm³/mol. The van der Waals surface area contributed by atoms with Gasteiger partial charge < -0.3 is 4.74 Å². The summed E-state index contributed by atoms with van der Waals surface area (Å²) in [4.78, 5) is 57.7. The maximum Gasteiger partial charge on any atom is 0.343 e. The van der Waals surface area contributed by atoms with E-state index in [1.54, 1.807) is 66.7 Å². The highest BCUT2D eigenvalue weighted by molar-refractivity contribution is 6.23. The molecule has 2 amide bonds. The molecule has 2 fully saturated rings. The molecule has 4 aromatic rings. The van der Waals surface area contributed by atoms with Crippen molar-refractivity contribution in [1.82, 2.24) is 0 Å². The number of anilines is 2. The summed E-state index contributed by atoms with van der Waals surface area (Å²) in [6.07, 6.45) is -1.10. The number of hydrogen-bond donors (Lipinski definition) is 0. The minimum Gasteiger partial charge on any atom is -0.423 e. The molecule has 41 heavy (non-hydrogen) atoms. The van der Waals surface area contributed by atoms with Crippen molar-refractivity contribution in [2.24, 2.45) is 5.92 Å². The first-order valence-corrected chi connectivity index (χ1v) is 12.8. The second-order valence-corrected chi connectivity index (χ2v) is 9.77. The predicted octanol–water partition coefficient (Wildman–Crippen LogP) is 5.17. The molecule has 0 bridgehead atoms. The SMILES string of the molecule is Cc1ccc(N2C(=O)[C@@H]3[C@H](ON(c4ccc([N+](=O)[O-])cc4)[C@H]3c3ccc(OC(=O)c4ccccc4)cc3)C2=O)cc1. The lowest BCUT2D eigenvalue weighted by Crippen LogP contribution is -2.37. The van der Waals surface area contributed by atoms with Gasteiger partial charge in [-0.2, -0.15) is 0 Å². The van der Waals surface area contributed by atoms with Crippen molar-refractivity contribution in [3.63, 3.8) is 0 Å². The van der Waals surface area contributed by atoms with E-state index >= 15 is 0 Å². The van der Waals surface area contributed by atoms with Crippen LogP contribution < -0.4 is 14.7 Å². The number of rotatable bonds is 6. The molecule has 2 aliphatic rings. The van der Waals surface area contributed by atoms with Crippen LogP contribution in [0.5, 0.6) is 5.75 Å². The number of nitro benzene ring substituents is 1. The van der Waals surface area contributed by atoms with Crippen LogP contribution in [0.3, 0.4) is 0 Å². The third-order valence-corrected chi connectivity index (χ3v) is 7.16. The summed E-state index contributed by atoms with van der Waals surface area (Å²) < 4.78 is 5.50. The third-order valence-electron chi connectivity index (χ3n) is 7.16. The molecule has 3 atom stereocenters. The monoisotopic (exact) mass is 549 g/mol. The van der Waals surface area contributed by atoms with Gasteiger partial charge in [-0.25, -0.2) is 14.8 Å². The van der Waals surface area contributed by atoms with Crippen molar-refractivity contribution in [3.05, 3.63) is 130 Å². The number of imide groups is 1. The number of non-ortho nitro benzene ring substituents is 1. The molecular formula is C31H23N3O7. The average Bonchev–Trinajstić information content (AvgIpc) is 3.50. The van der Waals surface area contributed by atoms with Crippen LogP contribution in [0.4, 0.5) is 17.1 Å². The number of fused-ring (bicyclic) bond motifs is 1. The quantitative estimate of drug-likeness (QED) is 0.106. The summed E-state index contributed by atoms with van der Waals surface area (Å²) >= 11 is 0. The van der Waals surface area contributed by atoms with Crippen LogP contribution >= 0.6 is 0 Å². The molecule has 2 heterocycles. The first-order valence-electron chi connectivity index (χ1n) is 12.8. The van der Waals surface area contributed by atoms with E-state index in [2.05, 4.69) is 0 Å². The Morgan fingerprint density at radius 2 is 1.46 bits per heavy atom. The Morgan fingerprint density at radius 3 is 2.10 bits per heavy atom. The van der Waals surface area contributed by atoms with Gasteiger partial charge in [0.05, 0.1) is 27.9 Å². The van der Waals surface area contributed by atoms with Gasteiger partial charge in [0, 0.05) is 12.1 Å². The van der Waals surface area contributed by atoms with Crippen LogP contribution in [0.1, 0.15) is 27.5 Å². The number of hydroxylamine groups is 1. The van der Waals surface area contributed by atoms with Gasteiger partial charge in [-0.3, -0.25) is 24.5 Å². The van der Waals surface area contributed by atoms with E-state index in [0.29, 0.717) is 28.3 Å². The Morgan fingerprint density at radius 1 is 0.829 bits per heavy atom. The fraction of sp³-hybridized carbons (Fsp3) is 0.129. The van der Waals surface area contributed by atoms with Crippen LogP contribution in [0.2, 0.25) is 0 Å². The van der Waals surface area contributed by atoms with Crippen molar-refractivity contribution in [3.8, 4) is 5.75 Å². The first-order chi connectivity index (χ1) is 19.8. The van der Waals surface area contributed by atoms with E-state index in [-0.39, 0.29) is 5.69 Å². The summed E-state index contributed by atoms with van der Waals surface area (Å²) in [5.41, 5.74) is 2.80. The van der Waals surface area contributed by atoms with Crippen LogP contribution in [0.25, 0.3) is 0 Å². The molecule has 0 aliphatic carbocycles. The van der Waals surface area contributed by atoms with Gasteiger partial charge in [0.15, 0.2) is 6.10 Å². The van der Waals surface area contributed by atoms with Crippen molar-refractivity contribution in [1.29, 1.82) is 0 Å². The van der Waals surface area contributed by atoms with Crippen molar-refractivity contribution >= 4 is 34.8 Å². The number of hydrogen-bond acceptors (Lipinski definition) is 8. The smallest absolute Gasteiger partial charge is 0.343 e. The molecule has 2 aliphatic heterocycles. The van der Waals surface area contributed by atoms with Gasteiger partial charge >= 0.3 is 5.97 Å². The largest absolute Gasteiger partial charge is 0.423 e. The van der Waals surface area contributed by atoms with Gasteiger partial charge in [-0.05, 0) is 61.0 Å². The number of esters is 1. The lowest BCUT2D eigenvalue weighted by Gasteiger charge is -2.28. The fourth-order valence-corrected chi connectivity index (χ4v) is 5.12. The number of carbonyl (C=O) groups is 3.